The second-order valence-corrected chi connectivity index (χ2v) is 7.59. The van der Waals surface area contributed by atoms with Crippen molar-refractivity contribution in [2.45, 2.75) is 57.5 Å². The number of aliphatic hydroxyl groups is 1. The third kappa shape index (κ3) is 1.21. The number of ether oxygens (including phenoxy) is 1. The van der Waals surface area contributed by atoms with Crippen LogP contribution >= 0.6 is 0 Å². The van der Waals surface area contributed by atoms with E-state index in [1.54, 1.807) is 7.11 Å². The zero-order chi connectivity index (χ0) is 14.2. The molecule has 2 fully saturated rings. The molecule has 2 heteroatoms. The van der Waals surface area contributed by atoms with Crippen molar-refractivity contribution in [1.29, 1.82) is 0 Å². The molecule has 0 aliphatic heterocycles. The summed E-state index contributed by atoms with van der Waals surface area (Å²) in [5, 5.41) is 10.5. The normalized spacial score (nSPS) is 45.1. The predicted molar refractivity (Wildman–Crippen MR) is 79.1 cm³/mol. The van der Waals surface area contributed by atoms with Gasteiger partial charge in [-0.05, 0) is 66.2 Å². The van der Waals surface area contributed by atoms with Crippen LogP contribution in [-0.2, 0) is 11.8 Å². The standard InChI is InChI=1S/C18H24O2/c1-16-8-7-15(19)17(2)11-18(16,17)9-6-12-4-5-13(20-3)10-14(12)16/h4-5,10,15,19H,6-9,11H2,1-3H3/t15-,16-,17?,18-/m0/s1. The topological polar surface area (TPSA) is 29.5 Å². The number of benzene rings is 1. The van der Waals surface area contributed by atoms with E-state index < -0.39 is 0 Å². The number of aryl methyl sites for hydroxylation is 1. The summed E-state index contributed by atoms with van der Waals surface area (Å²) in [7, 11) is 1.74. The summed E-state index contributed by atoms with van der Waals surface area (Å²) in [5.74, 6) is 0.968. The van der Waals surface area contributed by atoms with Crippen LogP contribution < -0.4 is 4.74 Å². The molecule has 2 nitrogen and oxygen atoms in total. The van der Waals surface area contributed by atoms with Gasteiger partial charge in [0.15, 0.2) is 0 Å². The van der Waals surface area contributed by atoms with Crippen LogP contribution in [0.3, 0.4) is 0 Å². The second-order valence-electron chi connectivity index (χ2n) is 7.59. The largest absolute Gasteiger partial charge is 0.497 e. The van der Waals surface area contributed by atoms with Gasteiger partial charge in [-0.15, -0.1) is 0 Å². The summed E-state index contributed by atoms with van der Waals surface area (Å²) in [6, 6.07) is 6.59. The van der Waals surface area contributed by atoms with Gasteiger partial charge in [-0.25, -0.2) is 0 Å². The van der Waals surface area contributed by atoms with Crippen molar-refractivity contribution in [1.82, 2.24) is 0 Å². The third-order valence-corrected chi connectivity index (χ3v) is 7.08. The first-order valence-electron chi connectivity index (χ1n) is 7.82. The molecule has 0 bridgehead atoms. The van der Waals surface area contributed by atoms with Gasteiger partial charge in [0, 0.05) is 5.41 Å². The molecular weight excluding hydrogens is 248 g/mol. The molecule has 1 aromatic rings. The second kappa shape index (κ2) is 3.59. The number of hydrogen-bond donors (Lipinski definition) is 1. The predicted octanol–water partition coefficient (Wildman–Crippen LogP) is 3.45. The van der Waals surface area contributed by atoms with Crippen LogP contribution in [0.4, 0.5) is 0 Å². The molecule has 3 aliphatic carbocycles. The molecule has 1 N–H and O–H groups in total. The summed E-state index contributed by atoms with van der Waals surface area (Å²) < 4.78 is 5.45. The van der Waals surface area contributed by atoms with Gasteiger partial charge < -0.3 is 9.84 Å². The molecule has 0 amide bonds. The lowest BCUT2D eigenvalue weighted by Crippen LogP contribution is -2.48. The first kappa shape index (κ1) is 12.7. The Balaban J connectivity index is 1.88. The molecule has 108 valence electrons. The van der Waals surface area contributed by atoms with E-state index in [4.69, 9.17) is 4.74 Å². The first-order valence-corrected chi connectivity index (χ1v) is 7.82. The highest BCUT2D eigenvalue weighted by atomic mass is 16.5. The van der Waals surface area contributed by atoms with Crippen LogP contribution in [0.2, 0.25) is 0 Å². The monoisotopic (exact) mass is 272 g/mol. The molecule has 20 heavy (non-hydrogen) atoms. The van der Waals surface area contributed by atoms with E-state index in [2.05, 4.69) is 32.0 Å². The molecule has 0 heterocycles. The van der Waals surface area contributed by atoms with Crippen molar-refractivity contribution < 1.29 is 9.84 Å². The molecule has 4 atom stereocenters. The molecule has 1 unspecified atom stereocenters. The Bertz CT molecular complexity index is 581. The summed E-state index contributed by atoms with van der Waals surface area (Å²) in [6.45, 7) is 4.74. The van der Waals surface area contributed by atoms with Crippen molar-refractivity contribution >= 4 is 0 Å². The van der Waals surface area contributed by atoms with Crippen molar-refractivity contribution in [3.63, 3.8) is 0 Å². The van der Waals surface area contributed by atoms with Crippen molar-refractivity contribution in [2.75, 3.05) is 7.11 Å². The summed E-state index contributed by atoms with van der Waals surface area (Å²) >= 11 is 0. The minimum absolute atomic E-state index is 0.109. The van der Waals surface area contributed by atoms with Crippen molar-refractivity contribution in [2.24, 2.45) is 10.8 Å². The van der Waals surface area contributed by atoms with Crippen LogP contribution in [0.15, 0.2) is 18.2 Å². The molecule has 3 aliphatic rings. The first-order chi connectivity index (χ1) is 9.47. The lowest BCUT2D eigenvalue weighted by atomic mass is 9.54. The average Bonchev–Trinajstić information content (AvgIpc) is 3.09. The fourth-order valence-electron chi connectivity index (χ4n) is 5.63. The van der Waals surface area contributed by atoms with Crippen LogP contribution in [0.1, 0.15) is 50.7 Å². The van der Waals surface area contributed by atoms with Crippen LogP contribution in [-0.4, -0.2) is 18.3 Å². The number of hydrogen-bond acceptors (Lipinski definition) is 2. The number of methoxy groups -OCH3 is 1. The summed E-state index contributed by atoms with van der Waals surface area (Å²) in [5.41, 5.74) is 3.64. The maximum Gasteiger partial charge on any atom is 0.119 e. The Kier molecular flexibility index (Phi) is 2.28. The van der Waals surface area contributed by atoms with Crippen LogP contribution in [0.25, 0.3) is 0 Å². The van der Waals surface area contributed by atoms with Crippen LogP contribution in [0, 0.1) is 10.8 Å². The molecule has 0 aromatic heterocycles. The fourth-order valence-corrected chi connectivity index (χ4v) is 5.63. The van der Waals surface area contributed by atoms with Gasteiger partial charge in [-0.3, -0.25) is 0 Å². The molecule has 1 spiro atoms. The van der Waals surface area contributed by atoms with Gasteiger partial charge in [0.25, 0.3) is 0 Å². The highest BCUT2D eigenvalue weighted by Crippen LogP contribution is 2.80. The molecule has 4 rings (SSSR count). The number of rotatable bonds is 1. The van der Waals surface area contributed by atoms with Gasteiger partial charge in [0.05, 0.1) is 13.2 Å². The Morgan fingerprint density at radius 3 is 2.80 bits per heavy atom. The summed E-state index contributed by atoms with van der Waals surface area (Å²) in [4.78, 5) is 0. The molecule has 0 saturated heterocycles. The van der Waals surface area contributed by atoms with E-state index in [-0.39, 0.29) is 16.9 Å². The Hall–Kier alpha value is -1.02. The quantitative estimate of drug-likeness (QED) is 0.848. The lowest BCUT2D eigenvalue weighted by Gasteiger charge is -2.51. The number of aliphatic hydroxyl groups excluding tert-OH is 1. The van der Waals surface area contributed by atoms with Gasteiger partial charge in [-0.2, -0.15) is 0 Å². The highest BCUT2D eigenvalue weighted by Gasteiger charge is 2.76. The maximum atomic E-state index is 10.5. The van der Waals surface area contributed by atoms with E-state index in [9.17, 15) is 5.11 Å². The third-order valence-electron chi connectivity index (χ3n) is 7.08. The van der Waals surface area contributed by atoms with Gasteiger partial charge in [0.1, 0.15) is 5.75 Å². The van der Waals surface area contributed by atoms with Gasteiger partial charge in [-0.1, -0.05) is 19.9 Å². The van der Waals surface area contributed by atoms with Crippen molar-refractivity contribution in [3.8, 4) is 5.75 Å². The highest BCUT2D eigenvalue weighted by molar-refractivity contribution is 5.48. The van der Waals surface area contributed by atoms with Gasteiger partial charge >= 0.3 is 0 Å². The maximum absolute atomic E-state index is 10.5. The SMILES string of the molecule is COc1ccc2c(c1)[C@]1(C)CC[C@H](O)C3(C)C[C@]31CC2. The van der Waals surface area contributed by atoms with E-state index in [0.29, 0.717) is 5.41 Å². The number of fused-ring (bicyclic) bond motifs is 2. The zero-order valence-corrected chi connectivity index (χ0v) is 12.7. The Labute approximate surface area is 121 Å². The van der Waals surface area contributed by atoms with Crippen LogP contribution in [0.5, 0.6) is 5.75 Å². The van der Waals surface area contributed by atoms with Crippen molar-refractivity contribution in [3.05, 3.63) is 29.3 Å². The fraction of sp³-hybridized carbons (Fsp3) is 0.667. The van der Waals surface area contributed by atoms with E-state index in [1.165, 1.54) is 24.0 Å². The zero-order valence-electron chi connectivity index (χ0n) is 12.7. The minimum Gasteiger partial charge on any atom is -0.497 e. The lowest BCUT2D eigenvalue weighted by molar-refractivity contribution is -0.00740. The van der Waals surface area contributed by atoms with E-state index >= 15 is 0 Å². The average molecular weight is 272 g/mol. The molecule has 1 aromatic carbocycles. The van der Waals surface area contributed by atoms with E-state index in [0.717, 1.165) is 25.0 Å². The molecule has 0 radical (unpaired) electrons. The Morgan fingerprint density at radius 2 is 2.05 bits per heavy atom. The molecule has 2 saturated carbocycles. The summed E-state index contributed by atoms with van der Waals surface area (Å²) in [6.07, 6.45) is 5.50. The van der Waals surface area contributed by atoms with E-state index in [1.807, 2.05) is 0 Å². The molecular formula is C18H24O2. The minimum atomic E-state index is -0.109. The van der Waals surface area contributed by atoms with Gasteiger partial charge in [0.2, 0.25) is 0 Å². The Morgan fingerprint density at radius 1 is 1.25 bits per heavy atom. The smallest absolute Gasteiger partial charge is 0.119 e.